The molecule has 35 heavy (non-hydrogen) atoms. The van der Waals surface area contributed by atoms with Crippen LogP contribution in [0.15, 0.2) is 60.9 Å². The van der Waals surface area contributed by atoms with Gasteiger partial charge in [-0.05, 0) is 51.0 Å². The predicted octanol–water partition coefficient (Wildman–Crippen LogP) is 3.27. The first-order valence-corrected chi connectivity index (χ1v) is 11.8. The van der Waals surface area contributed by atoms with E-state index in [0.717, 1.165) is 60.1 Å². The number of piperidine rings is 1. The van der Waals surface area contributed by atoms with Gasteiger partial charge < -0.3 is 10.2 Å². The highest BCUT2D eigenvalue weighted by Crippen LogP contribution is 2.23. The maximum absolute atomic E-state index is 12.8. The number of nitrogens with one attached hydrogen (secondary N) is 1. The Kier molecular flexibility index (Phi) is 6.47. The second-order valence-electron chi connectivity index (χ2n) is 8.83. The van der Waals surface area contributed by atoms with E-state index < -0.39 is 0 Å². The largest absolute Gasteiger partial charge is 0.355 e. The average molecular weight is 469 g/mol. The van der Waals surface area contributed by atoms with Crippen LogP contribution in [0.4, 0.5) is 5.82 Å². The Morgan fingerprint density at radius 2 is 1.71 bits per heavy atom. The number of amides is 1. The zero-order valence-corrected chi connectivity index (χ0v) is 19.9. The van der Waals surface area contributed by atoms with Crippen molar-refractivity contribution >= 4 is 11.7 Å². The highest BCUT2D eigenvalue weighted by atomic mass is 16.1. The standard InChI is InChI=1S/C26H28N8O/c1-18-14-19(2)34(32-18)25-9-8-24(30-31-25)33-12-10-21(11-13-33)26(35)27-16-22-15-23(29-17-28-22)20-6-4-3-5-7-20/h3-9,14-15,17,21H,10-13,16H2,1-2H3,(H,27,35). The lowest BCUT2D eigenvalue weighted by Crippen LogP contribution is -2.40. The fraction of sp³-hybridized carbons (Fsp3) is 0.308. The van der Waals surface area contributed by atoms with Crippen molar-refractivity contribution in [2.45, 2.75) is 33.2 Å². The predicted molar refractivity (Wildman–Crippen MR) is 133 cm³/mol. The fourth-order valence-electron chi connectivity index (χ4n) is 4.41. The lowest BCUT2D eigenvalue weighted by molar-refractivity contribution is -0.125. The summed E-state index contributed by atoms with van der Waals surface area (Å²) in [5.74, 6) is 1.57. The molecule has 0 saturated carbocycles. The van der Waals surface area contributed by atoms with Crippen molar-refractivity contribution in [3.05, 3.63) is 78.0 Å². The minimum atomic E-state index is -0.0244. The van der Waals surface area contributed by atoms with Gasteiger partial charge in [0.2, 0.25) is 5.91 Å². The van der Waals surface area contributed by atoms with Crippen LogP contribution < -0.4 is 10.2 Å². The molecule has 1 aliphatic rings. The maximum Gasteiger partial charge on any atom is 0.223 e. The summed E-state index contributed by atoms with van der Waals surface area (Å²) in [6.07, 6.45) is 3.08. The monoisotopic (exact) mass is 468 g/mol. The van der Waals surface area contributed by atoms with Gasteiger partial charge in [0, 0.05) is 30.3 Å². The van der Waals surface area contributed by atoms with E-state index in [4.69, 9.17) is 0 Å². The van der Waals surface area contributed by atoms with Crippen LogP contribution in [0.25, 0.3) is 17.1 Å². The van der Waals surface area contributed by atoms with E-state index in [1.807, 2.05) is 68.4 Å². The molecule has 0 unspecified atom stereocenters. The summed E-state index contributed by atoms with van der Waals surface area (Å²) < 4.78 is 1.79. The van der Waals surface area contributed by atoms with Crippen molar-refractivity contribution in [1.29, 1.82) is 0 Å². The third-order valence-electron chi connectivity index (χ3n) is 6.29. The molecular weight excluding hydrogens is 440 g/mol. The lowest BCUT2D eigenvalue weighted by atomic mass is 9.96. The molecule has 0 aliphatic carbocycles. The van der Waals surface area contributed by atoms with Gasteiger partial charge in [-0.2, -0.15) is 5.10 Å². The minimum absolute atomic E-state index is 0.0244. The summed E-state index contributed by atoms with van der Waals surface area (Å²) in [6.45, 7) is 5.87. The number of aryl methyl sites for hydroxylation is 2. The third-order valence-corrected chi connectivity index (χ3v) is 6.29. The molecule has 0 radical (unpaired) electrons. The molecule has 0 spiro atoms. The summed E-state index contributed by atoms with van der Waals surface area (Å²) in [5, 5.41) is 16.3. The number of nitrogens with zero attached hydrogens (tertiary/aromatic N) is 7. The summed E-state index contributed by atoms with van der Waals surface area (Å²) in [7, 11) is 0. The van der Waals surface area contributed by atoms with Crippen LogP contribution in [0.2, 0.25) is 0 Å². The molecule has 1 saturated heterocycles. The van der Waals surface area contributed by atoms with Gasteiger partial charge >= 0.3 is 0 Å². The van der Waals surface area contributed by atoms with Gasteiger partial charge in [0.15, 0.2) is 11.6 Å². The smallest absolute Gasteiger partial charge is 0.223 e. The molecular formula is C26H28N8O. The van der Waals surface area contributed by atoms with Gasteiger partial charge in [0.25, 0.3) is 0 Å². The summed E-state index contributed by atoms with van der Waals surface area (Å²) >= 11 is 0. The Morgan fingerprint density at radius 1 is 0.971 bits per heavy atom. The lowest BCUT2D eigenvalue weighted by Gasteiger charge is -2.31. The van der Waals surface area contributed by atoms with Crippen molar-refractivity contribution in [3.63, 3.8) is 0 Å². The van der Waals surface area contributed by atoms with E-state index in [-0.39, 0.29) is 11.8 Å². The minimum Gasteiger partial charge on any atom is -0.355 e. The Hall–Kier alpha value is -4.14. The molecule has 9 nitrogen and oxygen atoms in total. The van der Waals surface area contributed by atoms with Crippen molar-refractivity contribution in [3.8, 4) is 17.1 Å². The van der Waals surface area contributed by atoms with Gasteiger partial charge in [-0.25, -0.2) is 14.6 Å². The van der Waals surface area contributed by atoms with Gasteiger partial charge in [-0.3, -0.25) is 4.79 Å². The van der Waals surface area contributed by atoms with Gasteiger partial charge in [0.1, 0.15) is 6.33 Å². The van der Waals surface area contributed by atoms with Crippen LogP contribution in [-0.2, 0) is 11.3 Å². The van der Waals surface area contributed by atoms with Crippen LogP contribution in [0.1, 0.15) is 29.9 Å². The second kappa shape index (κ2) is 10.0. The van der Waals surface area contributed by atoms with Gasteiger partial charge in [-0.1, -0.05) is 30.3 Å². The topological polar surface area (TPSA) is 102 Å². The van der Waals surface area contributed by atoms with Gasteiger partial charge in [0.05, 0.1) is 23.6 Å². The van der Waals surface area contributed by atoms with E-state index >= 15 is 0 Å². The average Bonchev–Trinajstić information content (AvgIpc) is 3.25. The number of hydrogen-bond donors (Lipinski definition) is 1. The van der Waals surface area contributed by atoms with Crippen LogP contribution in [-0.4, -0.2) is 48.9 Å². The van der Waals surface area contributed by atoms with E-state index in [9.17, 15) is 4.79 Å². The molecule has 5 rings (SSSR count). The zero-order chi connectivity index (χ0) is 24.2. The van der Waals surface area contributed by atoms with E-state index in [1.54, 1.807) is 11.0 Å². The van der Waals surface area contributed by atoms with Crippen LogP contribution in [0, 0.1) is 19.8 Å². The van der Waals surface area contributed by atoms with Gasteiger partial charge in [-0.15, -0.1) is 10.2 Å². The molecule has 178 valence electrons. The number of carbonyl (C=O) groups is 1. The van der Waals surface area contributed by atoms with E-state index in [0.29, 0.717) is 12.4 Å². The number of anilines is 1. The number of benzene rings is 1. The molecule has 1 amide bonds. The summed E-state index contributed by atoms with van der Waals surface area (Å²) in [5.41, 5.74) is 4.64. The molecule has 9 heteroatoms. The highest BCUT2D eigenvalue weighted by molar-refractivity contribution is 5.79. The van der Waals surface area contributed by atoms with Crippen LogP contribution >= 0.6 is 0 Å². The number of aromatic nitrogens is 6. The van der Waals surface area contributed by atoms with Crippen molar-refractivity contribution < 1.29 is 4.79 Å². The maximum atomic E-state index is 12.8. The van der Waals surface area contributed by atoms with Crippen LogP contribution in [0.5, 0.6) is 0 Å². The van der Waals surface area contributed by atoms with Crippen molar-refractivity contribution in [2.75, 3.05) is 18.0 Å². The second-order valence-corrected chi connectivity index (χ2v) is 8.83. The normalized spacial score (nSPS) is 14.2. The number of hydrogen-bond acceptors (Lipinski definition) is 7. The molecule has 0 bridgehead atoms. The SMILES string of the molecule is Cc1cc(C)n(-c2ccc(N3CCC(C(=O)NCc4cc(-c5ccccc5)ncn4)CC3)nn2)n1. The Labute approximate surface area is 204 Å². The molecule has 1 fully saturated rings. The fourth-order valence-corrected chi connectivity index (χ4v) is 4.41. The molecule has 1 N–H and O–H groups in total. The molecule has 0 atom stereocenters. The molecule has 1 aromatic carbocycles. The molecule has 4 aromatic rings. The Bertz CT molecular complexity index is 1290. The quantitative estimate of drug-likeness (QED) is 0.463. The number of rotatable bonds is 6. The van der Waals surface area contributed by atoms with Crippen molar-refractivity contribution in [1.82, 2.24) is 35.3 Å². The first-order valence-electron chi connectivity index (χ1n) is 11.8. The Balaban J connectivity index is 1.14. The summed E-state index contributed by atoms with van der Waals surface area (Å²) in [6, 6.07) is 17.8. The molecule has 3 aromatic heterocycles. The highest BCUT2D eigenvalue weighted by Gasteiger charge is 2.26. The van der Waals surface area contributed by atoms with Crippen LogP contribution in [0.3, 0.4) is 0 Å². The zero-order valence-electron chi connectivity index (χ0n) is 19.9. The summed E-state index contributed by atoms with van der Waals surface area (Å²) in [4.78, 5) is 23.6. The molecule has 4 heterocycles. The Morgan fingerprint density at radius 3 is 2.40 bits per heavy atom. The number of carbonyl (C=O) groups excluding carboxylic acids is 1. The molecule has 1 aliphatic heterocycles. The first kappa shape index (κ1) is 22.6. The third kappa shape index (κ3) is 5.18. The van der Waals surface area contributed by atoms with Crippen molar-refractivity contribution in [2.24, 2.45) is 5.92 Å². The first-order chi connectivity index (χ1) is 17.1. The van der Waals surface area contributed by atoms with E-state index in [2.05, 4.69) is 35.5 Å². The van der Waals surface area contributed by atoms with E-state index in [1.165, 1.54) is 0 Å².